The Balaban J connectivity index is 1.94. The number of hydrogen-bond acceptors (Lipinski definition) is 9. The number of aliphatic imine (C=N–C) groups is 1. The number of carbonyl (C=O) groups excluding carboxylic acids is 2. The van der Waals surface area contributed by atoms with Crippen molar-refractivity contribution in [1.29, 1.82) is 0 Å². The van der Waals surface area contributed by atoms with E-state index in [9.17, 15) is 37.5 Å². The van der Waals surface area contributed by atoms with Crippen molar-refractivity contribution >= 4 is 23.9 Å². The number of amidine groups is 1. The van der Waals surface area contributed by atoms with Crippen LogP contribution in [0.1, 0.15) is 21.6 Å². The molecule has 0 unspecified atom stereocenters. The Kier molecular flexibility index (Phi) is 5.94. The second-order valence-corrected chi connectivity index (χ2v) is 6.62. The van der Waals surface area contributed by atoms with Gasteiger partial charge in [0.1, 0.15) is 24.1 Å². The topological polar surface area (TPSA) is 162 Å². The molecule has 2 aliphatic rings. The van der Waals surface area contributed by atoms with Gasteiger partial charge >= 0.3 is 24.1 Å². The lowest BCUT2D eigenvalue weighted by atomic mass is 10.1. The van der Waals surface area contributed by atoms with Gasteiger partial charge in [0.15, 0.2) is 0 Å². The van der Waals surface area contributed by atoms with Gasteiger partial charge in [-0.2, -0.15) is 18.1 Å². The number of aromatic nitrogens is 1. The van der Waals surface area contributed by atoms with Crippen LogP contribution < -0.4 is 15.9 Å². The molecule has 1 radical (unpaired) electrons. The molecule has 3 heterocycles. The van der Waals surface area contributed by atoms with Crippen LogP contribution in [-0.2, 0) is 38.8 Å². The summed E-state index contributed by atoms with van der Waals surface area (Å²) in [6.07, 6.45) is -4.04. The third-order valence-electron chi connectivity index (χ3n) is 4.39. The van der Waals surface area contributed by atoms with Gasteiger partial charge in [-0.3, -0.25) is 14.4 Å². The number of rotatable bonds is 5. The van der Waals surface area contributed by atoms with E-state index in [1.807, 2.05) is 5.32 Å². The highest BCUT2D eigenvalue weighted by Crippen LogP contribution is 2.30. The lowest BCUT2D eigenvalue weighted by Crippen LogP contribution is -2.37. The molecule has 0 aromatic carbocycles. The minimum Gasteiger partial charge on any atom is -0.506 e. The monoisotopic (exact) mass is 460 g/mol. The predicted octanol–water partition coefficient (Wildman–Crippen LogP) is -1.02. The molecule has 0 bridgehead atoms. The maximum absolute atomic E-state index is 12.9. The van der Waals surface area contributed by atoms with E-state index < -0.39 is 53.5 Å². The van der Waals surface area contributed by atoms with Crippen LogP contribution in [0.5, 0.6) is 5.75 Å². The highest BCUT2D eigenvalue weighted by atomic mass is 19.4. The molecule has 0 saturated heterocycles. The summed E-state index contributed by atoms with van der Waals surface area (Å²) < 4.78 is 47.7. The van der Waals surface area contributed by atoms with Crippen molar-refractivity contribution in [2.75, 3.05) is 13.6 Å². The molecule has 1 aromatic rings. The molecule has 171 valence electrons. The summed E-state index contributed by atoms with van der Waals surface area (Å²) in [5, 5.41) is 21.0. The van der Waals surface area contributed by atoms with Gasteiger partial charge in [0.2, 0.25) is 5.70 Å². The van der Waals surface area contributed by atoms with E-state index in [0.29, 0.717) is 0 Å². The largest absolute Gasteiger partial charge is 0.506 e. The number of carboxylic acid groups (broad SMARTS) is 1. The van der Waals surface area contributed by atoms with Gasteiger partial charge in [-0.05, 0) is 4.99 Å². The van der Waals surface area contributed by atoms with E-state index in [-0.39, 0.29) is 36.7 Å². The van der Waals surface area contributed by atoms with Crippen LogP contribution in [0.2, 0.25) is 0 Å². The third kappa shape index (κ3) is 4.41. The number of aliphatic carboxylic acids is 1. The number of alkyl halides is 3. The van der Waals surface area contributed by atoms with Crippen LogP contribution in [-0.4, -0.2) is 63.3 Å². The molecule has 3 rings (SSSR count). The number of halogens is 3. The van der Waals surface area contributed by atoms with Crippen LogP contribution in [0.15, 0.2) is 16.7 Å². The minimum atomic E-state index is -5.24. The highest BCUT2D eigenvalue weighted by molar-refractivity contribution is 5.98. The van der Waals surface area contributed by atoms with Gasteiger partial charge in [0.25, 0.3) is 11.5 Å². The fourth-order valence-corrected chi connectivity index (χ4v) is 2.98. The van der Waals surface area contributed by atoms with Crippen molar-refractivity contribution in [3.8, 4) is 5.75 Å². The molecule has 1 aromatic heterocycles. The van der Waals surface area contributed by atoms with E-state index >= 15 is 0 Å². The average molecular weight is 460 g/mol. The standard InChI is InChI=1S/C17H15F3N4O8/c1-23-3-7(22-16(23)32-15(30)17(18,19)20)4-24-9-6-31-5-8(9)12(27)11(14(24)29)13(28)21-2-10(25)26/h3,27H,2,4-6H2,1H3,(H,21,28)(H,25,26)/q+1. The second kappa shape index (κ2) is 8.33. The zero-order chi connectivity index (χ0) is 23.8. The van der Waals surface area contributed by atoms with E-state index in [1.54, 1.807) is 0 Å². The number of ether oxygens (including phenoxy) is 2. The van der Waals surface area contributed by atoms with Crippen LogP contribution in [0.3, 0.4) is 0 Å². The number of carbonyl (C=O) groups is 3. The SMILES string of the molecule is CN1C=C(Cn2c3c(c(O)c(C(=O)NCC(=O)O)c2=O)COC3)[N+]=C1OC(=O)C(F)(F)F. The molecular weight excluding hydrogens is 445 g/mol. The van der Waals surface area contributed by atoms with Gasteiger partial charge in [-0.1, -0.05) is 0 Å². The maximum Gasteiger partial charge on any atom is 0.506 e. The van der Waals surface area contributed by atoms with Gasteiger partial charge in [-0.15, -0.1) is 0 Å². The number of amides is 1. The second-order valence-electron chi connectivity index (χ2n) is 6.62. The Morgan fingerprint density at radius 3 is 2.62 bits per heavy atom. The Morgan fingerprint density at radius 1 is 1.31 bits per heavy atom. The van der Waals surface area contributed by atoms with Gasteiger partial charge in [0.05, 0.1) is 32.5 Å². The molecule has 1 amide bonds. The third-order valence-corrected chi connectivity index (χ3v) is 4.39. The summed E-state index contributed by atoms with van der Waals surface area (Å²) in [4.78, 5) is 51.7. The van der Waals surface area contributed by atoms with Crippen molar-refractivity contribution in [3.05, 3.63) is 39.1 Å². The normalized spacial score (nSPS) is 15.2. The molecule has 32 heavy (non-hydrogen) atoms. The lowest BCUT2D eigenvalue weighted by Gasteiger charge is -2.14. The van der Waals surface area contributed by atoms with Crippen molar-refractivity contribution in [2.45, 2.75) is 25.9 Å². The Morgan fingerprint density at radius 2 is 2.00 bits per heavy atom. The molecule has 0 atom stereocenters. The van der Waals surface area contributed by atoms with Crippen molar-refractivity contribution in [3.63, 3.8) is 0 Å². The van der Waals surface area contributed by atoms with Gasteiger partial charge in [0, 0.05) is 5.56 Å². The number of nitrogens with one attached hydrogen (secondary N) is 1. The molecule has 15 heteroatoms. The number of allylic oxidation sites excluding steroid dienone is 1. The first-order chi connectivity index (χ1) is 14.9. The zero-order valence-electron chi connectivity index (χ0n) is 16.2. The Hall–Kier alpha value is -3.88. The van der Waals surface area contributed by atoms with Crippen LogP contribution in [0.25, 0.3) is 0 Å². The summed E-state index contributed by atoms with van der Waals surface area (Å²) in [5.41, 5.74) is -1.42. The molecule has 3 N–H and O–H groups in total. The Bertz CT molecular complexity index is 1120. The Labute approximate surface area is 176 Å². The van der Waals surface area contributed by atoms with E-state index in [4.69, 9.17) is 9.84 Å². The molecule has 0 fully saturated rings. The fourth-order valence-electron chi connectivity index (χ4n) is 2.98. The highest BCUT2D eigenvalue weighted by Gasteiger charge is 2.45. The average Bonchev–Trinajstić information content (AvgIpc) is 3.30. The first-order valence-corrected chi connectivity index (χ1v) is 8.76. The molecule has 12 nitrogen and oxygen atoms in total. The number of fused-ring (bicyclic) bond motifs is 1. The molecule has 0 aliphatic carbocycles. The minimum absolute atomic E-state index is 0.00346. The number of esters is 1. The van der Waals surface area contributed by atoms with Gasteiger partial charge < -0.3 is 29.6 Å². The van der Waals surface area contributed by atoms with Crippen LogP contribution >= 0.6 is 0 Å². The smallest absolute Gasteiger partial charge is 0.506 e. The summed E-state index contributed by atoms with van der Waals surface area (Å²) in [5.74, 6) is -5.66. The van der Waals surface area contributed by atoms with Crippen LogP contribution in [0.4, 0.5) is 13.2 Å². The fraction of sp³-hybridized carbons (Fsp3) is 0.353. The first-order valence-electron chi connectivity index (χ1n) is 8.76. The van der Waals surface area contributed by atoms with Crippen molar-refractivity contribution in [2.24, 2.45) is 0 Å². The van der Waals surface area contributed by atoms with Gasteiger partial charge in [-0.25, -0.2) is 4.79 Å². The summed E-state index contributed by atoms with van der Waals surface area (Å²) in [6.45, 7) is -1.43. The zero-order valence-corrected chi connectivity index (χ0v) is 16.2. The number of pyridine rings is 1. The summed E-state index contributed by atoms with van der Waals surface area (Å²) in [6, 6.07) is -0.679. The van der Waals surface area contributed by atoms with Crippen molar-refractivity contribution in [1.82, 2.24) is 19.8 Å². The molecule has 0 saturated carbocycles. The summed E-state index contributed by atoms with van der Waals surface area (Å²) in [7, 11) is 1.26. The number of carboxylic acids is 1. The van der Waals surface area contributed by atoms with Crippen molar-refractivity contribution < 1.29 is 47.2 Å². The predicted molar refractivity (Wildman–Crippen MR) is 96.0 cm³/mol. The van der Waals surface area contributed by atoms with E-state index in [1.165, 1.54) is 13.2 Å². The maximum atomic E-state index is 12.9. The molecular formula is C17H15F3N4O8+. The molecule has 2 aliphatic heterocycles. The number of hydrogen-bond donors (Lipinski definition) is 3. The van der Waals surface area contributed by atoms with Crippen LogP contribution in [0, 0.1) is 0 Å². The summed E-state index contributed by atoms with van der Waals surface area (Å²) >= 11 is 0. The van der Waals surface area contributed by atoms with E-state index in [2.05, 4.69) is 9.73 Å². The quantitative estimate of drug-likeness (QED) is 0.467. The van der Waals surface area contributed by atoms with E-state index in [0.717, 1.165) is 9.47 Å². The molecule has 0 spiro atoms. The number of aromatic hydroxyl groups is 1. The first kappa shape index (κ1) is 22.8. The lowest BCUT2D eigenvalue weighted by molar-refractivity contribution is -0.191. The number of nitrogens with zero attached hydrogens (tertiary/aromatic N) is 3.